The van der Waals surface area contributed by atoms with Crippen LogP contribution >= 0.6 is 0 Å². The molecule has 0 spiro atoms. The van der Waals surface area contributed by atoms with Gasteiger partial charge in [-0.1, -0.05) is 12.5 Å². The summed E-state index contributed by atoms with van der Waals surface area (Å²) >= 11 is 0. The highest BCUT2D eigenvalue weighted by molar-refractivity contribution is 6.00. The van der Waals surface area contributed by atoms with Crippen molar-refractivity contribution in [2.75, 3.05) is 32.6 Å². The number of nitrogens with two attached hydrogens (primary N) is 1. The van der Waals surface area contributed by atoms with Crippen LogP contribution in [0.2, 0.25) is 0 Å². The van der Waals surface area contributed by atoms with Gasteiger partial charge in [0.15, 0.2) is 5.69 Å². The number of halogens is 1. The van der Waals surface area contributed by atoms with Crippen LogP contribution in [-0.2, 0) is 9.53 Å². The van der Waals surface area contributed by atoms with E-state index >= 15 is 4.39 Å². The van der Waals surface area contributed by atoms with Gasteiger partial charge in [0.05, 0.1) is 41.6 Å². The number of nitrogens with zero attached hydrogens (tertiary/aromatic N) is 5. The molecular formula is C27H30FN7O3. The van der Waals surface area contributed by atoms with E-state index in [2.05, 4.69) is 33.8 Å². The molecule has 2 atom stereocenters. The normalized spacial score (nSPS) is 19.2. The first-order valence-corrected chi connectivity index (χ1v) is 12.6. The predicted molar refractivity (Wildman–Crippen MR) is 140 cm³/mol. The van der Waals surface area contributed by atoms with Crippen LogP contribution in [0.15, 0.2) is 31.1 Å². The van der Waals surface area contributed by atoms with Gasteiger partial charge in [0.1, 0.15) is 17.2 Å². The highest BCUT2D eigenvalue weighted by Gasteiger charge is 2.37. The molecular weight excluding hydrogens is 489 g/mol. The van der Waals surface area contributed by atoms with Crippen LogP contribution in [0, 0.1) is 17.7 Å². The van der Waals surface area contributed by atoms with Gasteiger partial charge in [-0.15, -0.1) is 0 Å². The van der Waals surface area contributed by atoms with E-state index in [1.165, 1.54) is 12.1 Å². The maximum Gasteiger partial charge on any atom is 0.255 e. The lowest BCUT2D eigenvalue weighted by Gasteiger charge is -2.27. The largest absolute Gasteiger partial charge is 0.383 e. The monoisotopic (exact) mass is 519 g/mol. The van der Waals surface area contributed by atoms with E-state index in [0.29, 0.717) is 36.9 Å². The van der Waals surface area contributed by atoms with Crippen LogP contribution in [0.1, 0.15) is 59.4 Å². The van der Waals surface area contributed by atoms with Crippen molar-refractivity contribution in [1.82, 2.24) is 24.2 Å². The summed E-state index contributed by atoms with van der Waals surface area (Å²) in [6.45, 7) is 4.28. The Hall–Kier alpha value is -4.17. The Bertz CT molecular complexity index is 1480. The van der Waals surface area contributed by atoms with Gasteiger partial charge >= 0.3 is 0 Å². The summed E-state index contributed by atoms with van der Waals surface area (Å²) in [5.74, 6) is 4.64. The predicted octanol–water partition coefficient (Wildman–Crippen LogP) is 2.61. The van der Waals surface area contributed by atoms with Crippen LogP contribution < -0.4 is 11.1 Å². The first kappa shape index (κ1) is 25.5. The number of imidazole rings is 1. The number of anilines is 1. The van der Waals surface area contributed by atoms with Crippen LogP contribution in [0.5, 0.6) is 0 Å². The number of carbonyl (C=O) groups excluding carboxylic acids is 2. The molecule has 1 aromatic carbocycles. The van der Waals surface area contributed by atoms with Crippen molar-refractivity contribution in [3.05, 3.63) is 53.8 Å². The average molecular weight is 520 g/mol. The average Bonchev–Trinajstić information content (AvgIpc) is 3.56. The number of carbonyl (C=O) groups is 2. The first-order chi connectivity index (χ1) is 18.4. The lowest BCUT2D eigenvalue weighted by molar-refractivity contribution is -0.127. The number of ether oxygens (including phenoxy) is 1. The Kier molecular flexibility index (Phi) is 6.91. The van der Waals surface area contributed by atoms with Gasteiger partial charge in [-0.2, -0.15) is 5.10 Å². The Balaban J connectivity index is 1.51. The number of hydrogen-bond donors (Lipinski definition) is 2. The molecule has 2 aliphatic rings. The highest BCUT2D eigenvalue weighted by atomic mass is 19.1. The van der Waals surface area contributed by atoms with Crippen molar-refractivity contribution in [3.8, 4) is 11.8 Å². The zero-order chi connectivity index (χ0) is 27.0. The lowest BCUT2D eigenvalue weighted by Crippen LogP contribution is -2.37. The van der Waals surface area contributed by atoms with Gasteiger partial charge in [-0.25, -0.2) is 14.1 Å². The topological polar surface area (TPSA) is 120 Å². The van der Waals surface area contributed by atoms with Gasteiger partial charge in [0.2, 0.25) is 5.91 Å². The standard InChI is InChI=1S/C27H30FN7O3/c1-4-24(36)33-13-18(11-19(33)14-38-3)35-27(30-2)25(26(29)37)21(32-35)9-8-16-10-22-23(12-20(16)28)34(15-31-22)17-6-5-7-17/h4,10,12,15,17-19,30H,1,5-7,11,13-14H2,2-3H3,(H2,29,37)/t18?,19-/m1/s1. The molecule has 1 aliphatic heterocycles. The molecule has 0 radical (unpaired) electrons. The van der Waals surface area contributed by atoms with Gasteiger partial charge in [-0.3, -0.25) is 9.59 Å². The molecule has 38 heavy (non-hydrogen) atoms. The van der Waals surface area contributed by atoms with E-state index in [0.717, 1.165) is 24.8 Å². The smallest absolute Gasteiger partial charge is 0.255 e. The Labute approximate surface area is 219 Å². The molecule has 1 unspecified atom stereocenters. The Morgan fingerprint density at radius 3 is 2.74 bits per heavy atom. The molecule has 3 N–H and O–H groups in total. The third-order valence-electron chi connectivity index (χ3n) is 7.40. The summed E-state index contributed by atoms with van der Waals surface area (Å²) in [4.78, 5) is 31.0. The summed E-state index contributed by atoms with van der Waals surface area (Å²) < 4.78 is 24.0. The van der Waals surface area contributed by atoms with Crippen molar-refractivity contribution in [3.63, 3.8) is 0 Å². The molecule has 198 valence electrons. The lowest BCUT2D eigenvalue weighted by atomic mass is 9.93. The number of likely N-dealkylation sites (tertiary alicyclic amines) is 1. The summed E-state index contributed by atoms with van der Waals surface area (Å²) in [5.41, 5.74) is 7.48. The second kappa shape index (κ2) is 10.3. The second-order valence-electron chi connectivity index (χ2n) is 9.63. The van der Waals surface area contributed by atoms with Gasteiger partial charge < -0.3 is 25.3 Å². The van der Waals surface area contributed by atoms with Crippen molar-refractivity contribution in [2.24, 2.45) is 5.73 Å². The van der Waals surface area contributed by atoms with E-state index in [-0.39, 0.29) is 34.8 Å². The van der Waals surface area contributed by atoms with Crippen molar-refractivity contribution in [1.29, 1.82) is 0 Å². The molecule has 1 saturated carbocycles. The SMILES string of the molecule is C=CC(=O)N1CC(n2nc(C#Cc3cc4ncn(C5CCC5)c4cc3F)c(C(N)=O)c2NC)C[C@@H]1COC. The van der Waals surface area contributed by atoms with E-state index in [1.807, 2.05) is 4.57 Å². The first-order valence-electron chi connectivity index (χ1n) is 12.6. The number of rotatable bonds is 7. The van der Waals surface area contributed by atoms with Crippen LogP contribution in [-0.4, -0.2) is 69.4 Å². The van der Waals surface area contributed by atoms with E-state index in [4.69, 9.17) is 10.5 Å². The fourth-order valence-electron chi connectivity index (χ4n) is 5.29. The fraction of sp³-hybridized carbons (Fsp3) is 0.407. The number of methoxy groups -OCH3 is 1. The molecule has 2 fully saturated rings. The van der Waals surface area contributed by atoms with E-state index in [9.17, 15) is 9.59 Å². The maximum atomic E-state index is 15.1. The number of hydrogen-bond acceptors (Lipinski definition) is 6. The zero-order valence-electron chi connectivity index (χ0n) is 21.4. The molecule has 10 nitrogen and oxygen atoms in total. The minimum absolute atomic E-state index is 0.104. The number of aromatic nitrogens is 4. The van der Waals surface area contributed by atoms with Crippen LogP contribution in [0.4, 0.5) is 10.2 Å². The molecule has 1 saturated heterocycles. The van der Waals surface area contributed by atoms with Crippen molar-refractivity contribution >= 4 is 28.7 Å². The fourth-order valence-corrected chi connectivity index (χ4v) is 5.29. The molecule has 5 rings (SSSR count). The zero-order valence-corrected chi connectivity index (χ0v) is 21.4. The number of nitrogens with one attached hydrogen (secondary N) is 1. The van der Waals surface area contributed by atoms with Gasteiger partial charge in [-0.05, 0) is 43.7 Å². The minimum Gasteiger partial charge on any atom is -0.383 e. The molecule has 11 heteroatoms. The third-order valence-corrected chi connectivity index (χ3v) is 7.40. The summed E-state index contributed by atoms with van der Waals surface area (Å²) in [7, 11) is 3.22. The quantitative estimate of drug-likeness (QED) is 0.366. The second-order valence-corrected chi connectivity index (χ2v) is 9.63. The molecule has 3 aromatic rings. The molecule has 2 amide bonds. The summed E-state index contributed by atoms with van der Waals surface area (Å²) in [6, 6.07) is 2.97. The third kappa shape index (κ3) is 4.41. The van der Waals surface area contributed by atoms with Crippen molar-refractivity contribution < 1.29 is 18.7 Å². The van der Waals surface area contributed by atoms with E-state index in [1.54, 1.807) is 36.1 Å². The van der Waals surface area contributed by atoms with Crippen molar-refractivity contribution in [2.45, 2.75) is 43.8 Å². The maximum absolute atomic E-state index is 15.1. The molecule has 3 heterocycles. The summed E-state index contributed by atoms with van der Waals surface area (Å²) in [5, 5.41) is 7.58. The van der Waals surface area contributed by atoms with Crippen LogP contribution in [0.25, 0.3) is 11.0 Å². The number of primary amides is 1. The molecule has 2 aromatic heterocycles. The highest BCUT2D eigenvalue weighted by Crippen LogP contribution is 2.35. The van der Waals surface area contributed by atoms with Crippen LogP contribution in [0.3, 0.4) is 0 Å². The minimum atomic E-state index is -0.717. The Morgan fingerprint density at radius 1 is 1.32 bits per heavy atom. The summed E-state index contributed by atoms with van der Waals surface area (Å²) in [6.07, 6.45) is 6.84. The number of amides is 2. The molecule has 0 bridgehead atoms. The molecule has 1 aliphatic carbocycles. The number of fused-ring (bicyclic) bond motifs is 1. The Morgan fingerprint density at radius 2 is 2.11 bits per heavy atom. The van der Waals surface area contributed by atoms with Gasteiger partial charge in [0.25, 0.3) is 5.91 Å². The number of benzene rings is 1. The van der Waals surface area contributed by atoms with E-state index < -0.39 is 11.7 Å². The van der Waals surface area contributed by atoms with Gasteiger partial charge in [0, 0.05) is 32.8 Å².